The van der Waals surface area contributed by atoms with Gasteiger partial charge in [-0.25, -0.2) is 0 Å². The highest BCUT2D eigenvalue weighted by Gasteiger charge is 2.24. The molecule has 1 rings (SSSR count). The van der Waals surface area contributed by atoms with Crippen LogP contribution in [-0.2, 0) is 0 Å². The van der Waals surface area contributed by atoms with E-state index in [4.69, 9.17) is 0 Å². The lowest BCUT2D eigenvalue weighted by Gasteiger charge is -2.04. The lowest BCUT2D eigenvalue weighted by atomic mass is 10.0. The SMILES string of the molecule is C[C@H]1C[C@H](C)[C@@H](C)S1. The minimum atomic E-state index is 0.907. The van der Waals surface area contributed by atoms with Crippen LogP contribution in [0.25, 0.3) is 0 Å². The number of thioether (sulfide) groups is 1. The van der Waals surface area contributed by atoms with E-state index in [0.29, 0.717) is 0 Å². The Morgan fingerprint density at radius 3 is 2.00 bits per heavy atom. The second-order valence-electron chi connectivity index (χ2n) is 2.86. The van der Waals surface area contributed by atoms with Gasteiger partial charge in [-0.05, 0) is 12.3 Å². The zero-order chi connectivity index (χ0) is 6.15. The van der Waals surface area contributed by atoms with E-state index in [1.807, 2.05) is 0 Å². The molecule has 1 heterocycles. The third-order valence-electron chi connectivity index (χ3n) is 1.95. The zero-order valence-corrected chi connectivity index (χ0v) is 6.66. The predicted octanol–water partition coefficient (Wildman–Crippen LogP) is 2.54. The molecule has 0 aromatic carbocycles. The highest BCUT2D eigenvalue weighted by atomic mass is 32.2. The van der Waals surface area contributed by atoms with E-state index < -0.39 is 0 Å². The Balaban J connectivity index is 2.39. The van der Waals surface area contributed by atoms with Crippen molar-refractivity contribution in [2.75, 3.05) is 0 Å². The molecule has 0 unspecified atom stereocenters. The molecule has 0 nitrogen and oxygen atoms in total. The van der Waals surface area contributed by atoms with Crippen molar-refractivity contribution in [3.05, 3.63) is 0 Å². The van der Waals surface area contributed by atoms with Crippen molar-refractivity contribution in [1.29, 1.82) is 0 Å². The number of rotatable bonds is 0. The minimum Gasteiger partial charge on any atom is -0.155 e. The van der Waals surface area contributed by atoms with Gasteiger partial charge >= 0.3 is 0 Å². The van der Waals surface area contributed by atoms with Crippen molar-refractivity contribution < 1.29 is 0 Å². The van der Waals surface area contributed by atoms with E-state index in [2.05, 4.69) is 32.5 Å². The summed E-state index contributed by atoms with van der Waals surface area (Å²) >= 11 is 2.13. The van der Waals surface area contributed by atoms with Gasteiger partial charge in [-0.1, -0.05) is 20.8 Å². The summed E-state index contributed by atoms with van der Waals surface area (Å²) in [5.74, 6) is 0.954. The zero-order valence-electron chi connectivity index (χ0n) is 5.85. The molecule has 48 valence electrons. The molecular formula is C7H14S. The summed E-state index contributed by atoms with van der Waals surface area (Å²) in [7, 11) is 0. The third kappa shape index (κ3) is 1.19. The van der Waals surface area contributed by atoms with Crippen molar-refractivity contribution in [3.8, 4) is 0 Å². The smallest absolute Gasteiger partial charge is 0.00474 e. The summed E-state index contributed by atoms with van der Waals surface area (Å²) in [6.07, 6.45) is 1.42. The maximum atomic E-state index is 2.35. The number of hydrogen-bond acceptors (Lipinski definition) is 1. The van der Waals surface area contributed by atoms with Crippen molar-refractivity contribution in [2.45, 2.75) is 37.7 Å². The van der Waals surface area contributed by atoms with Gasteiger partial charge in [0.15, 0.2) is 0 Å². The lowest BCUT2D eigenvalue weighted by molar-refractivity contribution is 0.562. The molecule has 1 saturated heterocycles. The Hall–Kier alpha value is 0.350. The second-order valence-corrected chi connectivity index (χ2v) is 4.69. The molecular weight excluding hydrogens is 116 g/mol. The minimum absolute atomic E-state index is 0.907. The summed E-state index contributed by atoms with van der Waals surface area (Å²) in [4.78, 5) is 0. The van der Waals surface area contributed by atoms with E-state index in [9.17, 15) is 0 Å². The molecule has 0 radical (unpaired) electrons. The summed E-state index contributed by atoms with van der Waals surface area (Å²) in [6, 6.07) is 0. The van der Waals surface area contributed by atoms with Crippen LogP contribution in [0, 0.1) is 5.92 Å². The summed E-state index contributed by atoms with van der Waals surface area (Å²) in [5.41, 5.74) is 0. The van der Waals surface area contributed by atoms with E-state index in [0.717, 1.165) is 16.4 Å². The Morgan fingerprint density at radius 2 is 1.88 bits per heavy atom. The topological polar surface area (TPSA) is 0 Å². The van der Waals surface area contributed by atoms with Crippen molar-refractivity contribution in [1.82, 2.24) is 0 Å². The molecule has 1 aliphatic heterocycles. The fraction of sp³-hybridized carbons (Fsp3) is 1.00. The van der Waals surface area contributed by atoms with Crippen LogP contribution < -0.4 is 0 Å². The van der Waals surface area contributed by atoms with Crippen LogP contribution in [0.5, 0.6) is 0 Å². The van der Waals surface area contributed by atoms with Gasteiger partial charge in [0, 0.05) is 10.5 Å². The molecule has 0 N–H and O–H groups in total. The summed E-state index contributed by atoms with van der Waals surface area (Å²) in [6.45, 7) is 7.00. The van der Waals surface area contributed by atoms with Crippen LogP contribution in [0.3, 0.4) is 0 Å². The van der Waals surface area contributed by atoms with Crippen LogP contribution in [0.4, 0.5) is 0 Å². The first-order valence-corrected chi connectivity index (χ1v) is 4.30. The van der Waals surface area contributed by atoms with Gasteiger partial charge in [-0.3, -0.25) is 0 Å². The first kappa shape index (κ1) is 6.47. The second kappa shape index (κ2) is 2.30. The average molecular weight is 130 g/mol. The van der Waals surface area contributed by atoms with Gasteiger partial charge < -0.3 is 0 Å². The maximum Gasteiger partial charge on any atom is 0.00474 e. The van der Waals surface area contributed by atoms with Crippen molar-refractivity contribution in [2.24, 2.45) is 5.92 Å². The highest BCUT2D eigenvalue weighted by molar-refractivity contribution is 8.00. The van der Waals surface area contributed by atoms with Crippen LogP contribution in [0.1, 0.15) is 27.2 Å². The van der Waals surface area contributed by atoms with Gasteiger partial charge in [0.1, 0.15) is 0 Å². The Morgan fingerprint density at radius 1 is 1.25 bits per heavy atom. The summed E-state index contributed by atoms with van der Waals surface area (Å²) in [5, 5.41) is 1.82. The molecule has 0 spiro atoms. The first-order valence-electron chi connectivity index (χ1n) is 3.35. The molecule has 1 heteroatoms. The van der Waals surface area contributed by atoms with E-state index in [1.165, 1.54) is 6.42 Å². The lowest BCUT2D eigenvalue weighted by Crippen LogP contribution is -2.00. The van der Waals surface area contributed by atoms with E-state index >= 15 is 0 Å². The summed E-state index contributed by atoms with van der Waals surface area (Å²) < 4.78 is 0. The van der Waals surface area contributed by atoms with Gasteiger partial charge in [0.25, 0.3) is 0 Å². The fourth-order valence-electron chi connectivity index (χ4n) is 1.27. The molecule has 0 aromatic heterocycles. The molecule has 8 heavy (non-hydrogen) atoms. The monoisotopic (exact) mass is 130 g/mol. The van der Waals surface area contributed by atoms with Gasteiger partial charge in [-0.2, -0.15) is 11.8 Å². The molecule has 1 aliphatic rings. The van der Waals surface area contributed by atoms with E-state index in [-0.39, 0.29) is 0 Å². The molecule has 0 amide bonds. The Bertz CT molecular complexity index is 70.5. The molecule has 0 saturated carbocycles. The van der Waals surface area contributed by atoms with E-state index in [1.54, 1.807) is 0 Å². The number of hydrogen-bond donors (Lipinski definition) is 0. The normalized spacial score (nSPS) is 47.6. The molecule has 0 bridgehead atoms. The van der Waals surface area contributed by atoms with Gasteiger partial charge in [-0.15, -0.1) is 0 Å². The molecule has 0 aliphatic carbocycles. The highest BCUT2D eigenvalue weighted by Crippen LogP contribution is 2.37. The van der Waals surface area contributed by atoms with Crippen LogP contribution in [0.15, 0.2) is 0 Å². The first-order chi connectivity index (χ1) is 3.70. The molecule has 3 atom stereocenters. The molecule has 1 fully saturated rings. The van der Waals surface area contributed by atoms with Gasteiger partial charge in [0.05, 0.1) is 0 Å². The van der Waals surface area contributed by atoms with Crippen LogP contribution in [-0.4, -0.2) is 10.5 Å². The Kier molecular flexibility index (Phi) is 1.86. The average Bonchev–Trinajstić information content (AvgIpc) is 1.85. The predicted molar refractivity (Wildman–Crippen MR) is 40.3 cm³/mol. The quantitative estimate of drug-likeness (QED) is 0.485. The van der Waals surface area contributed by atoms with Crippen molar-refractivity contribution >= 4 is 11.8 Å². The Labute approximate surface area is 56.0 Å². The van der Waals surface area contributed by atoms with Crippen molar-refractivity contribution in [3.63, 3.8) is 0 Å². The van der Waals surface area contributed by atoms with Crippen LogP contribution >= 0.6 is 11.8 Å². The maximum absolute atomic E-state index is 2.35. The fourth-order valence-corrected chi connectivity index (χ4v) is 2.80. The standard InChI is InChI=1S/C7H14S/c1-5-4-6(2)8-7(5)3/h5-7H,4H2,1-3H3/t5-,6-,7+/m0/s1. The molecule has 0 aromatic rings. The largest absolute Gasteiger partial charge is 0.155 e. The van der Waals surface area contributed by atoms with Crippen LogP contribution in [0.2, 0.25) is 0 Å². The third-order valence-corrected chi connectivity index (χ3v) is 3.50. The van der Waals surface area contributed by atoms with Gasteiger partial charge in [0.2, 0.25) is 0 Å².